The highest BCUT2D eigenvalue weighted by atomic mass is 35.6. The van der Waals surface area contributed by atoms with Gasteiger partial charge in [0.2, 0.25) is 9.70 Å². The Labute approximate surface area is 237 Å². The van der Waals surface area contributed by atoms with E-state index in [9.17, 15) is 14.7 Å². The Morgan fingerprint density at radius 1 is 1.14 bits per heavy atom. The fourth-order valence-corrected chi connectivity index (χ4v) is 3.67. The van der Waals surface area contributed by atoms with E-state index >= 15 is 0 Å². The van der Waals surface area contributed by atoms with E-state index in [1.807, 2.05) is 49.4 Å². The molecule has 1 amide bonds. The third-order valence-corrected chi connectivity index (χ3v) is 5.90. The van der Waals surface area contributed by atoms with Crippen molar-refractivity contribution in [3.05, 3.63) is 82.9 Å². The maximum atomic E-state index is 12.7. The minimum Gasteiger partial charge on any atom is -0.495 e. The van der Waals surface area contributed by atoms with Gasteiger partial charge in [0, 0.05) is 12.3 Å². The number of methoxy groups -OCH3 is 1. The molecule has 2 aromatic rings. The van der Waals surface area contributed by atoms with E-state index in [0.29, 0.717) is 16.3 Å². The molecule has 2 rings (SSSR count). The molecule has 0 saturated heterocycles. The number of rotatable bonds is 12. The fraction of sp³-hybridized carbons (Fsp3) is 0.333. The van der Waals surface area contributed by atoms with Gasteiger partial charge in [-0.25, -0.2) is 4.79 Å². The predicted octanol–water partition coefficient (Wildman–Crippen LogP) is 5.95. The van der Waals surface area contributed by atoms with E-state index in [2.05, 4.69) is 5.32 Å². The molecule has 0 saturated carbocycles. The number of carbonyl (C=O) groups is 2. The Hall–Kier alpha value is -2.22. The molecule has 0 bridgehead atoms. The van der Waals surface area contributed by atoms with Crippen molar-refractivity contribution in [2.75, 3.05) is 13.7 Å². The number of esters is 1. The number of alkyl halides is 3. The van der Waals surface area contributed by atoms with Crippen LogP contribution in [0.2, 0.25) is 5.02 Å². The summed E-state index contributed by atoms with van der Waals surface area (Å²) in [5.41, 5.74) is 1.68. The molecule has 0 aliphatic carbocycles. The van der Waals surface area contributed by atoms with Crippen molar-refractivity contribution >= 4 is 64.4 Å². The molecule has 37 heavy (non-hydrogen) atoms. The molecule has 6 nitrogen and oxygen atoms in total. The van der Waals surface area contributed by atoms with Crippen molar-refractivity contribution in [3.63, 3.8) is 0 Å². The number of aliphatic hydroxyl groups is 1. The Morgan fingerprint density at radius 2 is 1.84 bits per heavy atom. The quantitative estimate of drug-likeness (QED) is 0.182. The van der Waals surface area contributed by atoms with Crippen LogP contribution >= 0.6 is 46.4 Å². The van der Waals surface area contributed by atoms with Crippen molar-refractivity contribution in [1.29, 1.82) is 0 Å². The third kappa shape index (κ3) is 11.8. The Morgan fingerprint density at radius 3 is 2.46 bits per heavy atom. The summed E-state index contributed by atoms with van der Waals surface area (Å²) in [5, 5.41) is 13.4. The topological polar surface area (TPSA) is 84.9 Å². The molecule has 0 aliphatic rings. The smallest absolute Gasteiger partial charge is 0.329 e. The summed E-state index contributed by atoms with van der Waals surface area (Å²) in [6.07, 6.45) is 6.26. The van der Waals surface area contributed by atoms with Crippen molar-refractivity contribution in [2.24, 2.45) is 5.92 Å². The maximum absolute atomic E-state index is 12.7. The van der Waals surface area contributed by atoms with Gasteiger partial charge in [0.25, 0.3) is 0 Å². The second kappa shape index (κ2) is 15.3. The summed E-state index contributed by atoms with van der Waals surface area (Å²) in [6, 6.07) is 13.6. The molecule has 3 atom stereocenters. The standard InChI is InChI=1S/C27H29Cl4NO5/c1-18(11-12-19-7-4-3-5-8-19)23(33)9-6-10-25(34)32-22(26(35)37-17-27(29,30)31)16-20-13-14-24(36-2)21(28)15-20/h3-8,10-15,18,22-23,33H,9,16-17H2,1-2H3,(H,32,34)/b10-6+,12-11+/t18-,22-,23+/m1/s1. The van der Waals surface area contributed by atoms with Gasteiger partial charge >= 0.3 is 5.97 Å². The summed E-state index contributed by atoms with van der Waals surface area (Å²) in [7, 11) is 1.49. The first-order valence-electron chi connectivity index (χ1n) is 11.4. The number of amides is 1. The van der Waals surface area contributed by atoms with Gasteiger partial charge in [0.05, 0.1) is 18.2 Å². The third-order valence-electron chi connectivity index (χ3n) is 5.28. The normalized spacial score (nSPS) is 14.4. The first-order chi connectivity index (χ1) is 17.5. The van der Waals surface area contributed by atoms with Crippen LogP contribution in [0, 0.1) is 5.92 Å². The van der Waals surface area contributed by atoms with Crippen LogP contribution in [-0.2, 0) is 20.7 Å². The largest absolute Gasteiger partial charge is 0.495 e. The molecule has 2 aromatic carbocycles. The monoisotopic (exact) mass is 587 g/mol. The van der Waals surface area contributed by atoms with Crippen molar-refractivity contribution in [3.8, 4) is 5.75 Å². The van der Waals surface area contributed by atoms with Gasteiger partial charge in [-0.15, -0.1) is 0 Å². The number of carbonyl (C=O) groups excluding carboxylic acids is 2. The minimum absolute atomic E-state index is 0.0753. The van der Waals surface area contributed by atoms with Crippen LogP contribution in [-0.4, -0.2) is 46.6 Å². The van der Waals surface area contributed by atoms with E-state index in [-0.39, 0.29) is 18.8 Å². The van der Waals surface area contributed by atoms with E-state index in [4.69, 9.17) is 55.9 Å². The lowest BCUT2D eigenvalue weighted by Crippen LogP contribution is -2.43. The summed E-state index contributed by atoms with van der Waals surface area (Å²) >= 11 is 23.2. The van der Waals surface area contributed by atoms with E-state index < -0.39 is 34.4 Å². The number of halogens is 4. The first kappa shape index (κ1) is 31.0. The second-order valence-corrected chi connectivity index (χ2v) is 11.2. The van der Waals surface area contributed by atoms with E-state index in [0.717, 1.165) is 5.56 Å². The molecule has 0 radical (unpaired) electrons. The lowest BCUT2D eigenvalue weighted by molar-refractivity contribution is -0.147. The average Bonchev–Trinajstić information content (AvgIpc) is 2.85. The lowest BCUT2D eigenvalue weighted by Gasteiger charge is -2.19. The number of hydrogen-bond donors (Lipinski definition) is 2. The number of hydrogen-bond acceptors (Lipinski definition) is 5. The molecule has 10 heteroatoms. The SMILES string of the molecule is COc1ccc(C[C@@H](NC(=O)/C=C/C[C@H](O)[C@H](C)/C=C/c2ccccc2)C(=O)OCC(Cl)(Cl)Cl)cc1Cl. The van der Waals surface area contributed by atoms with Crippen LogP contribution in [0.3, 0.4) is 0 Å². The maximum Gasteiger partial charge on any atom is 0.329 e. The van der Waals surface area contributed by atoms with Crippen LogP contribution in [0.5, 0.6) is 5.75 Å². The Balaban J connectivity index is 2.00. The summed E-state index contributed by atoms with van der Waals surface area (Å²) < 4.78 is 8.42. The van der Waals surface area contributed by atoms with Crippen molar-refractivity contribution in [2.45, 2.75) is 35.7 Å². The van der Waals surface area contributed by atoms with Gasteiger partial charge in [-0.3, -0.25) is 4.79 Å². The molecular weight excluding hydrogens is 560 g/mol. The number of aliphatic hydroxyl groups excluding tert-OH is 1. The van der Waals surface area contributed by atoms with Gasteiger partial charge in [-0.05, 0) is 35.8 Å². The fourth-order valence-electron chi connectivity index (χ4n) is 3.22. The highest BCUT2D eigenvalue weighted by Gasteiger charge is 2.27. The lowest BCUT2D eigenvalue weighted by atomic mass is 10.00. The van der Waals surface area contributed by atoms with Gasteiger partial charge in [-0.1, -0.05) is 108 Å². The molecule has 0 aliphatic heterocycles. The molecule has 200 valence electrons. The van der Waals surface area contributed by atoms with Crippen LogP contribution in [0.25, 0.3) is 6.08 Å². The van der Waals surface area contributed by atoms with Crippen LogP contribution in [0.4, 0.5) is 0 Å². The molecule has 0 spiro atoms. The van der Waals surface area contributed by atoms with E-state index in [1.165, 1.54) is 13.2 Å². The van der Waals surface area contributed by atoms with Crippen molar-refractivity contribution < 1.29 is 24.2 Å². The molecule has 0 fully saturated rings. The molecule has 2 N–H and O–H groups in total. The molecule has 0 heterocycles. The van der Waals surface area contributed by atoms with Gasteiger partial charge in [0.1, 0.15) is 18.4 Å². The van der Waals surface area contributed by atoms with Gasteiger partial charge < -0.3 is 19.9 Å². The minimum atomic E-state index is -1.80. The number of nitrogens with one attached hydrogen (secondary N) is 1. The Bertz CT molecular complexity index is 1090. The first-order valence-corrected chi connectivity index (χ1v) is 12.9. The molecule has 0 unspecified atom stereocenters. The second-order valence-electron chi connectivity index (χ2n) is 8.29. The summed E-state index contributed by atoms with van der Waals surface area (Å²) in [4.78, 5) is 25.2. The zero-order valence-corrected chi connectivity index (χ0v) is 23.4. The predicted molar refractivity (Wildman–Crippen MR) is 149 cm³/mol. The highest BCUT2D eigenvalue weighted by molar-refractivity contribution is 6.67. The van der Waals surface area contributed by atoms with Crippen LogP contribution in [0.15, 0.2) is 66.8 Å². The van der Waals surface area contributed by atoms with Crippen molar-refractivity contribution in [1.82, 2.24) is 5.32 Å². The summed E-state index contributed by atoms with van der Waals surface area (Å²) in [6.45, 7) is 1.40. The van der Waals surface area contributed by atoms with Crippen LogP contribution in [0.1, 0.15) is 24.5 Å². The van der Waals surface area contributed by atoms with Crippen LogP contribution < -0.4 is 10.1 Å². The van der Waals surface area contributed by atoms with Gasteiger partial charge in [0.15, 0.2) is 0 Å². The zero-order valence-electron chi connectivity index (χ0n) is 20.4. The molecule has 0 aromatic heterocycles. The Kier molecular flexibility index (Phi) is 12.8. The van der Waals surface area contributed by atoms with E-state index in [1.54, 1.807) is 24.3 Å². The molecular formula is C27H29Cl4NO5. The summed E-state index contributed by atoms with van der Waals surface area (Å²) in [5.74, 6) is -0.994. The van der Waals surface area contributed by atoms with Gasteiger partial charge in [-0.2, -0.15) is 0 Å². The average molecular weight is 589 g/mol. The number of ether oxygens (including phenoxy) is 2. The highest BCUT2D eigenvalue weighted by Crippen LogP contribution is 2.27. The zero-order chi connectivity index (χ0) is 27.4. The number of benzene rings is 2.